The largest absolute Gasteiger partial charge is 0.496 e. The Morgan fingerprint density at radius 1 is 0.938 bits per heavy atom. The monoisotopic (exact) mass is 432 g/mol. The van der Waals surface area contributed by atoms with Gasteiger partial charge in [0.05, 0.1) is 14.2 Å². The van der Waals surface area contributed by atoms with Gasteiger partial charge < -0.3 is 14.6 Å². The summed E-state index contributed by atoms with van der Waals surface area (Å²) in [7, 11) is 2.92. The van der Waals surface area contributed by atoms with Gasteiger partial charge in [-0.25, -0.2) is 4.79 Å². The van der Waals surface area contributed by atoms with Gasteiger partial charge in [0.25, 0.3) is 0 Å². The molecule has 0 saturated heterocycles. The maximum absolute atomic E-state index is 12.1. The molecule has 1 aliphatic carbocycles. The Bertz CT molecular complexity index is 1080. The number of methoxy groups -OCH3 is 2. The lowest BCUT2D eigenvalue weighted by molar-refractivity contribution is -0.131. The number of carboxylic acids is 1. The van der Waals surface area contributed by atoms with E-state index in [1.54, 1.807) is 25.3 Å². The number of ether oxygens (including phenoxy) is 2. The molecule has 1 aliphatic rings. The number of carbonyl (C=O) groups excluding carboxylic acids is 2. The molecule has 164 valence electrons. The Morgan fingerprint density at radius 3 is 2.19 bits per heavy atom. The fourth-order valence-corrected chi connectivity index (χ4v) is 3.03. The zero-order valence-electron chi connectivity index (χ0n) is 17.9. The molecule has 0 heterocycles. The van der Waals surface area contributed by atoms with Crippen LogP contribution in [0.2, 0.25) is 0 Å². The minimum Gasteiger partial charge on any atom is -0.496 e. The van der Waals surface area contributed by atoms with Crippen LogP contribution in [-0.2, 0) is 19.1 Å². The first-order chi connectivity index (χ1) is 15.4. The summed E-state index contributed by atoms with van der Waals surface area (Å²) >= 11 is 0. The lowest BCUT2D eigenvalue weighted by atomic mass is 9.85. The van der Waals surface area contributed by atoms with Crippen molar-refractivity contribution in [3.05, 3.63) is 108 Å². The molecular formula is C26H24O6. The van der Waals surface area contributed by atoms with E-state index in [9.17, 15) is 14.4 Å². The normalized spacial score (nSPS) is 13.9. The summed E-state index contributed by atoms with van der Waals surface area (Å²) in [6, 6.07) is 16.7. The highest BCUT2D eigenvalue weighted by Gasteiger charge is 2.26. The first-order valence-electron chi connectivity index (χ1n) is 9.68. The fraction of sp³-hybridized carbons (Fsp3) is 0.115. The molecule has 0 radical (unpaired) electrons. The highest BCUT2D eigenvalue weighted by Crippen LogP contribution is 2.29. The second-order valence-electron chi connectivity index (χ2n) is 6.58. The standard InChI is InChI=1S/C16H14O3.C10H10O3/c1-3-12(11-7-5-4-6-8-11)13-9-15(18)16(19-2)10-14(13)17;1-13-9-5-3-2-4-8(9)6-7-10(11)12/h3-10,12H,1H2,2H3;2-7H,1H3,(H,11,12). The van der Waals surface area contributed by atoms with Crippen molar-refractivity contribution in [2.24, 2.45) is 0 Å². The molecule has 0 bridgehead atoms. The van der Waals surface area contributed by atoms with Gasteiger partial charge in [-0.2, -0.15) is 0 Å². The van der Waals surface area contributed by atoms with Crippen molar-refractivity contribution in [3.8, 4) is 5.75 Å². The SMILES string of the molecule is C=CC(C1=CC(=O)C(OC)=CC1=O)c1ccccc1.COc1ccccc1C=CC(=O)O. The minimum atomic E-state index is -0.967. The van der Waals surface area contributed by atoms with Crippen LogP contribution >= 0.6 is 0 Å². The molecular weight excluding hydrogens is 408 g/mol. The molecule has 6 nitrogen and oxygen atoms in total. The molecule has 1 atom stereocenters. The van der Waals surface area contributed by atoms with Gasteiger partial charge in [0.1, 0.15) is 5.75 Å². The van der Waals surface area contributed by atoms with Gasteiger partial charge in [-0.15, -0.1) is 6.58 Å². The Kier molecular flexibility index (Phi) is 8.92. The third-order valence-corrected chi connectivity index (χ3v) is 4.57. The zero-order valence-corrected chi connectivity index (χ0v) is 17.9. The van der Waals surface area contributed by atoms with E-state index in [4.69, 9.17) is 14.6 Å². The van der Waals surface area contributed by atoms with Gasteiger partial charge in [0.15, 0.2) is 11.5 Å². The summed E-state index contributed by atoms with van der Waals surface area (Å²) in [4.78, 5) is 34.1. The summed E-state index contributed by atoms with van der Waals surface area (Å²) in [5, 5.41) is 8.41. The molecule has 0 amide bonds. The maximum Gasteiger partial charge on any atom is 0.328 e. The summed E-state index contributed by atoms with van der Waals surface area (Å²) in [6.07, 6.45) is 6.81. The van der Waals surface area contributed by atoms with E-state index >= 15 is 0 Å². The molecule has 0 spiro atoms. The summed E-state index contributed by atoms with van der Waals surface area (Å²) in [5.74, 6) is -1.02. The topological polar surface area (TPSA) is 89.9 Å². The molecule has 2 aromatic carbocycles. The molecule has 0 saturated carbocycles. The van der Waals surface area contributed by atoms with E-state index < -0.39 is 5.97 Å². The summed E-state index contributed by atoms with van der Waals surface area (Å²) in [5.41, 5.74) is 2.11. The molecule has 0 aromatic heterocycles. The van der Waals surface area contributed by atoms with Crippen LogP contribution in [0.25, 0.3) is 6.08 Å². The van der Waals surface area contributed by atoms with E-state index in [1.165, 1.54) is 25.3 Å². The van der Waals surface area contributed by atoms with Crippen molar-refractivity contribution in [2.75, 3.05) is 14.2 Å². The van der Waals surface area contributed by atoms with Crippen molar-refractivity contribution in [1.82, 2.24) is 0 Å². The van der Waals surface area contributed by atoms with Crippen molar-refractivity contribution < 1.29 is 29.0 Å². The third kappa shape index (κ3) is 6.40. The van der Waals surface area contributed by atoms with Crippen molar-refractivity contribution in [1.29, 1.82) is 0 Å². The van der Waals surface area contributed by atoms with Crippen LogP contribution in [0.15, 0.2) is 96.8 Å². The number of carbonyl (C=O) groups is 3. The van der Waals surface area contributed by atoms with Crippen LogP contribution in [0, 0.1) is 0 Å². The number of aliphatic carboxylic acids is 1. The molecule has 0 fully saturated rings. The first-order valence-corrected chi connectivity index (χ1v) is 9.68. The predicted octanol–water partition coefficient (Wildman–Crippen LogP) is 4.36. The number of benzene rings is 2. The smallest absolute Gasteiger partial charge is 0.328 e. The van der Waals surface area contributed by atoms with Gasteiger partial charge in [-0.3, -0.25) is 9.59 Å². The van der Waals surface area contributed by atoms with Crippen LogP contribution in [-0.4, -0.2) is 36.9 Å². The summed E-state index contributed by atoms with van der Waals surface area (Å²) in [6.45, 7) is 3.75. The number of carboxylic acid groups (broad SMARTS) is 1. The van der Waals surface area contributed by atoms with E-state index in [0.29, 0.717) is 11.3 Å². The average molecular weight is 432 g/mol. The number of hydrogen-bond acceptors (Lipinski definition) is 5. The number of rotatable bonds is 7. The second kappa shape index (κ2) is 11.9. The zero-order chi connectivity index (χ0) is 23.5. The highest BCUT2D eigenvalue weighted by molar-refractivity contribution is 6.19. The lowest BCUT2D eigenvalue weighted by Crippen LogP contribution is -2.18. The molecule has 1 unspecified atom stereocenters. The van der Waals surface area contributed by atoms with Gasteiger partial charge in [-0.05, 0) is 23.8 Å². The molecule has 2 aromatic rings. The predicted molar refractivity (Wildman–Crippen MR) is 122 cm³/mol. The number of ketones is 2. The van der Waals surface area contributed by atoms with E-state index in [0.717, 1.165) is 17.2 Å². The van der Waals surface area contributed by atoms with Gasteiger partial charge in [0.2, 0.25) is 5.78 Å². The highest BCUT2D eigenvalue weighted by atomic mass is 16.5. The molecule has 6 heteroatoms. The first kappa shape index (κ1) is 24.1. The van der Waals surface area contributed by atoms with Crippen molar-refractivity contribution in [2.45, 2.75) is 5.92 Å². The van der Waals surface area contributed by atoms with E-state index in [2.05, 4.69) is 6.58 Å². The quantitative estimate of drug-likeness (QED) is 0.397. The van der Waals surface area contributed by atoms with Crippen LogP contribution in [0.3, 0.4) is 0 Å². The molecule has 32 heavy (non-hydrogen) atoms. The Hall–Kier alpha value is -4.19. The minimum absolute atomic E-state index is 0.0737. The average Bonchev–Trinajstić information content (AvgIpc) is 2.81. The van der Waals surface area contributed by atoms with Crippen molar-refractivity contribution >= 4 is 23.6 Å². The number of allylic oxidation sites excluding steroid dienone is 4. The van der Waals surface area contributed by atoms with Crippen molar-refractivity contribution in [3.63, 3.8) is 0 Å². The number of hydrogen-bond donors (Lipinski definition) is 1. The van der Waals surface area contributed by atoms with Crippen LogP contribution in [0.5, 0.6) is 5.75 Å². The van der Waals surface area contributed by atoms with Gasteiger partial charge in [-0.1, -0.05) is 54.6 Å². The van der Waals surface area contributed by atoms with Gasteiger partial charge in [0, 0.05) is 29.2 Å². The number of para-hydroxylation sites is 1. The molecule has 3 rings (SSSR count). The maximum atomic E-state index is 12.1. The molecule has 1 N–H and O–H groups in total. The van der Waals surface area contributed by atoms with E-state index in [1.807, 2.05) is 42.5 Å². The summed E-state index contributed by atoms with van der Waals surface area (Å²) < 4.78 is 9.89. The Labute approximate surface area is 186 Å². The van der Waals surface area contributed by atoms with Crippen LogP contribution in [0.1, 0.15) is 17.0 Å². The Morgan fingerprint density at radius 2 is 1.59 bits per heavy atom. The van der Waals surface area contributed by atoms with Gasteiger partial charge >= 0.3 is 5.97 Å². The fourth-order valence-electron chi connectivity index (χ4n) is 3.03. The van der Waals surface area contributed by atoms with Crippen LogP contribution < -0.4 is 4.74 Å². The Balaban J connectivity index is 0.000000244. The van der Waals surface area contributed by atoms with E-state index in [-0.39, 0.29) is 23.2 Å². The van der Waals surface area contributed by atoms with Crippen LogP contribution in [0.4, 0.5) is 0 Å². The second-order valence-corrected chi connectivity index (χ2v) is 6.58. The third-order valence-electron chi connectivity index (χ3n) is 4.57. The molecule has 0 aliphatic heterocycles. The lowest BCUT2D eigenvalue weighted by Gasteiger charge is -2.18.